The molecule has 0 bridgehead atoms. The van der Waals surface area contributed by atoms with Crippen molar-refractivity contribution < 1.29 is 278 Å². The molecule has 11 aliphatic rings. The van der Waals surface area contributed by atoms with Gasteiger partial charge in [-0.2, -0.15) is 0 Å². The molecule has 0 radical (unpaired) electrons. The standard InChI is InChI=1S/C70H118N2O56/c1-14(82)71-27-37(93)52(23(10-80)110-60(27)107)121-61-28(72-15(2)83)38(94)53(24(11-81)117-61)122-66-50(106)55(124-69-59(44(100)34(90)21(8-78)115-69)128-70-58(43(99)33(89)22(9-79)116-70)126-64-47(103)40(96)30(86)18(5-75)112-64)36(92)26(119-66)12-108-62-49(105)54(123-68-57(42(98)32(88)20(7-77)114-68)127-65-48(104)45(101)51(120-65)16(84)3-73)35(91)25(118-62)13-109-67-56(41(97)31(87)19(6-76)113-67)125-63-46(102)39(95)29(85)17(4-74)111-63/h16-70,73-81,84-107H,3-13H2,1-2H3,(H,71,82)(H,72,83)/t16-,17-,18-,19-,20-,21-,22-,23-,24-,25-,26-,27-,28-,29-,30-,31-,32-,33-,34-,35-,36-,37-,38-,39+,40+,41+,42+,43+,44+,45-,46+,47+,48-,49+,50+,51+,52-,53-,54+,55+,56+,57+,58+,59+,60?,61+,62+,63-,64-,65-,66+,67+,68-,69-,70-/m1/s1. The largest absolute Gasteiger partial charge is 0.394 e. The maximum atomic E-state index is 13.1. The summed E-state index contributed by atoms with van der Waals surface area (Å²) in [5, 5.41) is 372. The highest BCUT2D eigenvalue weighted by Gasteiger charge is 2.63. The van der Waals surface area contributed by atoms with Crippen LogP contribution in [0.1, 0.15) is 13.8 Å². The van der Waals surface area contributed by atoms with E-state index >= 15 is 0 Å². The van der Waals surface area contributed by atoms with Gasteiger partial charge in [0.1, 0.15) is 268 Å². The summed E-state index contributed by atoms with van der Waals surface area (Å²) in [5.41, 5.74) is 0. The second kappa shape index (κ2) is 45.8. The number of carbonyl (C=O) groups excluding carboxylic acids is 2. The van der Waals surface area contributed by atoms with Crippen molar-refractivity contribution in [1.29, 1.82) is 0 Å². The van der Waals surface area contributed by atoms with E-state index < -0.39 is 422 Å². The van der Waals surface area contributed by atoms with Crippen molar-refractivity contribution in [3.05, 3.63) is 0 Å². The van der Waals surface area contributed by atoms with E-state index in [9.17, 15) is 178 Å². The molecular formula is C70H118N2O56. The second-order valence-electron chi connectivity index (χ2n) is 32.3. The molecule has 1 unspecified atom stereocenters. The number of rotatable bonds is 34. The van der Waals surface area contributed by atoms with Gasteiger partial charge in [-0.1, -0.05) is 0 Å². The first kappa shape index (κ1) is 105. The molecule has 58 heteroatoms. The average molecular weight is 1880 g/mol. The molecule has 0 aromatic carbocycles. The van der Waals surface area contributed by atoms with Crippen LogP contribution in [0.4, 0.5) is 0 Å². The summed E-state index contributed by atoms with van der Waals surface area (Å²) in [6.45, 7) is -10.9. The minimum absolute atomic E-state index is 0.824. The number of ether oxygens (including phenoxy) is 21. The normalized spacial score (nSPS) is 51.3. The number of nitrogens with one attached hydrogen (secondary N) is 2. The molecule has 128 heavy (non-hydrogen) atoms. The summed E-state index contributed by atoms with van der Waals surface area (Å²) in [4.78, 5) is 25.4. The highest BCUT2D eigenvalue weighted by molar-refractivity contribution is 5.73. The third-order valence-electron chi connectivity index (χ3n) is 23.7. The molecule has 35 N–H and O–H groups in total. The quantitative estimate of drug-likeness (QED) is 0.0284. The van der Waals surface area contributed by atoms with Crippen LogP contribution < -0.4 is 10.6 Å². The Bertz CT molecular complexity index is 3390. The molecule has 11 fully saturated rings. The van der Waals surface area contributed by atoms with E-state index in [0.29, 0.717) is 0 Å². The Morgan fingerprint density at radius 2 is 0.508 bits per heavy atom. The van der Waals surface area contributed by atoms with E-state index in [0.717, 1.165) is 13.8 Å². The summed E-state index contributed by atoms with van der Waals surface area (Å²) in [6, 6.07) is -3.71. The Morgan fingerprint density at radius 3 is 0.898 bits per heavy atom. The minimum Gasteiger partial charge on any atom is -0.394 e. The second-order valence-corrected chi connectivity index (χ2v) is 32.3. The van der Waals surface area contributed by atoms with Gasteiger partial charge in [0.2, 0.25) is 11.8 Å². The molecule has 55 atom stereocenters. The van der Waals surface area contributed by atoms with Gasteiger partial charge in [0.05, 0.1) is 72.7 Å². The van der Waals surface area contributed by atoms with Gasteiger partial charge >= 0.3 is 0 Å². The van der Waals surface area contributed by atoms with Gasteiger partial charge < -0.3 is 279 Å². The summed E-state index contributed by atoms with van der Waals surface area (Å²) < 4.78 is 124. The Morgan fingerprint density at radius 1 is 0.242 bits per heavy atom. The van der Waals surface area contributed by atoms with Crippen molar-refractivity contribution in [3.8, 4) is 0 Å². The number of aliphatic hydroxyl groups excluding tert-OH is 33. The van der Waals surface area contributed by atoms with Crippen molar-refractivity contribution in [1.82, 2.24) is 10.6 Å². The number of hydrogen-bond donors (Lipinski definition) is 35. The molecule has 0 spiro atoms. The number of amides is 2. The third kappa shape index (κ3) is 22.5. The van der Waals surface area contributed by atoms with Gasteiger partial charge in [0, 0.05) is 13.8 Å². The van der Waals surface area contributed by atoms with Crippen molar-refractivity contribution >= 4 is 11.8 Å². The van der Waals surface area contributed by atoms with Gasteiger partial charge in [-0.3, -0.25) is 9.59 Å². The van der Waals surface area contributed by atoms with Crippen LogP contribution in [-0.4, -0.2) is 591 Å². The zero-order valence-corrected chi connectivity index (χ0v) is 67.7. The molecule has 2 amide bonds. The molecule has 58 nitrogen and oxygen atoms in total. The lowest BCUT2D eigenvalue weighted by molar-refractivity contribution is -0.408. The first-order valence-corrected chi connectivity index (χ1v) is 40.7. The predicted octanol–water partition coefficient (Wildman–Crippen LogP) is -24.7. The number of aliphatic hydroxyl groups is 33. The Balaban J connectivity index is 0.960. The van der Waals surface area contributed by atoms with Crippen LogP contribution in [-0.2, 0) is 109 Å². The highest BCUT2D eigenvalue weighted by Crippen LogP contribution is 2.42. The minimum atomic E-state index is -2.69. The summed E-state index contributed by atoms with van der Waals surface area (Å²) in [6.07, 6.45) is -117. The number of carbonyl (C=O) groups is 2. The van der Waals surface area contributed by atoms with Crippen LogP contribution >= 0.6 is 0 Å². The maximum absolute atomic E-state index is 13.1. The van der Waals surface area contributed by atoms with E-state index in [2.05, 4.69) is 10.6 Å². The van der Waals surface area contributed by atoms with Crippen molar-refractivity contribution in [2.75, 3.05) is 72.7 Å². The SMILES string of the molecule is CC(=O)N[C@H]1[C@H](O[C@H]2[C@H](O)[C@@H](NC(C)=O)C(O)O[C@@H]2CO)O[C@H](CO)[C@@H](O[C@@H]2O[C@H](CO[C@H]3O[C@H](CO[C@H]4O[C@H](CO)[C@@H](O)[C@H](O)[C@@H]4O[C@H]4O[C@H](CO)[C@@H](O)[C@H](O)[C@@H]4O)[C@@H](O)[C@H](O[C@H]4O[C@H](CO)[C@@H](O)[C@H](O)[C@@H]4O[C@H]4O[C@@H]([C@H](O)CO)[C@H](O)[C@H]4O)[C@@H]3O)[C@@H](O)[C@H](O[C@H]3O[C@H](CO)[C@@H](O)[C@H](O)[C@@H]3O[C@H]3O[C@H](CO)[C@@H](O)[C@H](O)[C@@H]3O[C@H]3O[C@H](CO)[C@@H](O)[C@H](O)[C@@H]3O)[C@@H]2O)[C@@H]1O. The number of hydrogen-bond acceptors (Lipinski definition) is 56. The summed E-state index contributed by atoms with van der Waals surface area (Å²) >= 11 is 0. The molecule has 744 valence electrons. The van der Waals surface area contributed by atoms with Gasteiger partial charge in [0.15, 0.2) is 69.2 Å². The Labute approximate surface area is 722 Å². The molecule has 0 aliphatic carbocycles. The van der Waals surface area contributed by atoms with Crippen LogP contribution in [0.25, 0.3) is 0 Å². The molecule has 0 aromatic heterocycles. The predicted molar refractivity (Wildman–Crippen MR) is 386 cm³/mol. The van der Waals surface area contributed by atoms with Gasteiger partial charge in [-0.05, 0) is 0 Å². The van der Waals surface area contributed by atoms with Crippen LogP contribution in [0.5, 0.6) is 0 Å². The van der Waals surface area contributed by atoms with Crippen molar-refractivity contribution in [3.63, 3.8) is 0 Å². The molecule has 0 aromatic rings. The molecular weight excluding hydrogens is 1760 g/mol. The monoisotopic (exact) mass is 1880 g/mol. The summed E-state index contributed by atoms with van der Waals surface area (Å²) in [7, 11) is 0. The fraction of sp³-hybridized carbons (Fsp3) is 0.971. The first-order valence-electron chi connectivity index (χ1n) is 40.7. The highest BCUT2D eigenvalue weighted by atomic mass is 16.8. The lowest BCUT2D eigenvalue weighted by atomic mass is 9.94. The lowest BCUT2D eigenvalue weighted by Gasteiger charge is -2.51. The summed E-state index contributed by atoms with van der Waals surface area (Å²) in [5.74, 6) is -1.82. The molecule has 0 saturated carbocycles. The zero-order chi connectivity index (χ0) is 94.0. The lowest BCUT2D eigenvalue weighted by Crippen LogP contribution is -2.70. The molecule has 11 saturated heterocycles. The molecule has 11 heterocycles. The van der Waals surface area contributed by atoms with Crippen LogP contribution in [0, 0.1) is 0 Å². The van der Waals surface area contributed by atoms with E-state index in [-0.39, 0.29) is 0 Å². The van der Waals surface area contributed by atoms with E-state index in [1.54, 1.807) is 0 Å². The van der Waals surface area contributed by atoms with E-state index in [1.165, 1.54) is 0 Å². The van der Waals surface area contributed by atoms with Gasteiger partial charge in [-0.25, -0.2) is 0 Å². The van der Waals surface area contributed by atoms with Gasteiger partial charge in [0.25, 0.3) is 0 Å². The van der Waals surface area contributed by atoms with Crippen molar-refractivity contribution in [2.24, 2.45) is 0 Å². The first-order chi connectivity index (χ1) is 60.7. The van der Waals surface area contributed by atoms with E-state index in [4.69, 9.17) is 99.5 Å². The van der Waals surface area contributed by atoms with Crippen molar-refractivity contribution in [2.45, 2.75) is 351 Å². The maximum Gasteiger partial charge on any atom is 0.217 e. The van der Waals surface area contributed by atoms with E-state index in [1.807, 2.05) is 0 Å². The Hall–Kier alpha value is -3.22. The van der Waals surface area contributed by atoms with Crippen LogP contribution in [0.15, 0.2) is 0 Å². The molecule has 11 rings (SSSR count). The van der Waals surface area contributed by atoms with Crippen LogP contribution in [0.2, 0.25) is 0 Å². The smallest absolute Gasteiger partial charge is 0.217 e. The zero-order valence-electron chi connectivity index (χ0n) is 67.7. The Kier molecular flexibility index (Phi) is 37.7. The molecule has 11 aliphatic heterocycles. The van der Waals surface area contributed by atoms with Crippen LogP contribution in [0.3, 0.4) is 0 Å². The third-order valence-corrected chi connectivity index (χ3v) is 23.7. The van der Waals surface area contributed by atoms with Gasteiger partial charge in [-0.15, -0.1) is 0 Å². The average Bonchev–Trinajstić information content (AvgIpc) is 0.786. The topological polar surface area (TPSA) is 920 Å². The fourth-order valence-electron chi connectivity index (χ4n) is 16.5. The fourth-order valence-corrected chi connectivity index (χ4v) is 16.5.